The average Bonchev–Trinajstić information content (AvgIpc) is 2.59. The molecule has 2 aromatic rings. The van der Waals surface area contributed by atoms with E-state index < -0.39 is 5.97 Å². The molecule has 78 valence electrons. The largest absolute Gasteiger partial charge is 0.477 e. The van der Waals surface area contributed by atoms with Crippen molar-refractivity contribution in [1.82, 2.24) is 0 Å². The number of rotatable bonds is 2. The Balaban J connectivity index is 2.66. The van der Waals surface area contributed by atoms with Crippen molar-refractivity contribution in [2.75, 3.05) is 0 Å². The summed E-state index contributed by atoms with van der Waals surface area (Å²) in [6, 6.07) is 4.97. The van der Waals surface area contributed by atoms with Crippen molar-refractivity contribution in [3.8, 4) is 0 Å². The van der Waals surface area contributed by atoms with Crippen molar-refractivity contribution in [2.45, 2.75) is 6.61 Å². The summed E-state index contributed by atoms with van der Waals surface area (Å²) in [5, 5.41) is 19.1. The zero-order chi connectivity index (χ0) is 11.0. The lowest BCUT2D eigenvalue weighted by Crippen LogP contribution is -1.89. The first-order valence-corrected chi connectivity index (χ1v) is 5.37. The SMILES string of the molecule is O=C(O)c1cc2cc(Cl)c(CO)cc2s1. The van der Waals surface area contributed by atoms with Crippen LogP contribution >= 0.6 is 22.9 Å². The maximum Gasteiger partial charge on any atom is 0.345 e. The molecule has 0 saturated carbocycles. The summed E-state index contributed by atoms with van der Waals surface area (Å²) < 4.78 is 0.820. The molecule has 0 amide bonds. The quantitative estimate of drug-likeness (QED) is 0.851. The van der Waals surface area contributed by atoms with Crippen LogP contribution in [0.2, 0.25) is 5.02 Å². The number of fused-ring (bicyclic) bond motifs is 1. The minimum Gasteiger partial charge on any atom is -0.477 e. The van der Waals surface area contributed by atoms with E-state index in [0.717, 1.165) is 10.1 Å². The van der Waals surface area contributed by atoms with E-state index in [4.69, 9.17) is 21.8 Å². The van der Waals surface area contributed by atoms with Crippen LogP contribution in [-0.4, -0.2) is 16.2 Å². The average molecular weight is 243 g/mol. The Morgan fingerprint density at radius 1 is 1.40 bits per heavy atom. The Bertz CT molecular complexity index is 533. The number of benzene rings is 1. The summed E-state index contributed by atoms with van der Waals surface area (Å²) in [4.78, 5) is 11.0. The highest BCUT2D eigenvalue weighted by Gasteiger charge is 2.10. The van der Waals surface area contributed by atoms with Gasteiger partial charge in [0.15, 0.2) is 0 Å². The molecule has 0 aliphatic rings. The summed E-state index contributed by atoms with van der Waals surface area (Å²) in [6.07, 6.45) is 0. The molecule has 0 aliphatic carbocycles. The van der Waals surface area contributed by atoms with Gasteiger partial charge in [-0.15, -0.1) is 11.3 Å². The molecule has 1 aromatic heterocycles. The van der Waals surface area contributed by atoms with Gasteiger partial charge in [-0.1, -0.05) is 11.6 Å². The van der Waals surface area contributed by atoms with Crippen molar-refractivity contribution in [1.29, 1.82) is 0 Å². The molecule has 0 fully saturated rings. The molecule has 0 spiro atoms. The second-order valence-electron chi connectivity index (χ2n) is 3.06. The molecule has 3 nitrogen and oxygen atoms in total. The number of hydrogen-bond acceptors (Lipinski definition) is 3. The third kappa shape index (κ3) is 1.84. The second kappa shape index (κ2) is 3.81. The number of aromatic carboxylic acids is 1. The van der Waals surface area contributed by atoms with E-state index in [2.05, 4.69) is 0 Å². The predicted molar refractivity (Wildman–Crippen MR) is 59.7 cm³/mol. The Morgan fingerprint density at radius 3 is 2.73 bits per heavy atom. The molecule has 0 saturated heterocycles. The van der Waals surface area contributed by atoms with Crippen LogP contribution in [-0.2, 0) is 6.61 Å². The fourth-order valence-electron chi connectivity index (χ4n) is 1.33. The summed E-state index contributed by atoms with van der Waals surface area (Å²) >= 11 is 7.06. The monoisotopic (exact) mass is 242 g/mol. The van der Waals surface area contributed by atoms with Gasteiger partial charge < -0.3 is 10.2 Å². The lowest BCUT2D eigenvalue weighted by Gasteiger charge is -1.99. The second-order valence-corrected chi connectivity index (χ2v) is 4.55. The number of halogens is 1. The number of carboxylic acids is 1. The smallest absolute Gasteiger partial charge is 0.345 e. The lowest BCUT2D eigenvalue weighted by molar-refractivity contribution is 0.0702. The van der Waals surface area contributed by atoms with Crippen LogP contribution in [0, 0.1) is 0 Å². The first-order valence-electron chi connectivity index (χ1n) is 4.18. The lowest BCUT2D eigenvalue weighted by atomic mass is 10.2. The number of aliphatic hydroxyl groups is 1. The normalized spacial score (nSPS) is 10.8. The van der Waals surface area contributed by atoms with Gasteiger partial charge in [-0.25, -0.2) is 4.79 Å². The number of hydrogen-bond donors (Lipinski definition) is 2. The van der Waals surface area contributed by atoms with E-state index in [1.165, 1.54) is 11.3 Å². The molecule has 2 rings (SSSR count). The van der Waals surface area contributed by atoms with E-state index in [-0.39, 0.29) is 11.5 Å². The van der Waals surface area contributed by atoms with Gasteiger partial charge >= 0.3 is 5.97 Å². The molecule has 2 N–H and O–H groups in total. The maximum absolute atomic E-state index is 10.7. The van der Waals surface area contributed by atoms with Gasteiger partial charge in [-0.05, 0) is 29.1 Å². The minimum atomic E-state index is -0.946. The Morgan fingerprint density at radius 2 is 2.13 bits per heavy atom. The van der Waals surface area contributed by atoms with Gasteiger partial charge in [0.1, 0.15) is 4.88 Å². The van der Waals surface area contributed by atoms with Gasteiger partial charge in [0.2, 0.25) is 0 Å². The summed E-state index contributed by atoms with van der Waals surface area (Å²) in [5.41, 5.74) is 0.614. The first kappa shape index (κ1) is 10.4. The fourth-order valence-corrected chi connectivity index (χ4v) is 2.51. The molecule has 5 heteroatoms. The minimum absolute atomic E-state index is 0.144. The first-order chi connectivity index (χ1) is 7.11. The van der Waals surface area contributed by atoms with Crippen molar-refractivity contribution >= 4 is 39.0 Å². The number of carbonyl (C=O) groups is 1. The van der Waals surface area contributed by atoms with Crippen molar-refractivity contribution < 1.29 is 15.0 Å². The topological polar surface area (TPSA) is 57.5 Å². The predicted octanol–water partition coefficient (Wildman–Crippen LogP) is 2.75. The highest BCUT2D eigenvalue weighted by atomic mass is 35.5. The Kier molecular flexibility index (Phi) is 2.65. The zero-order valence-electron chi connectivity index (χ0n) is 7.53. The van der Waals surface area contributed by atoms with E-state index in [1.54, 1.807) is 18.2 Å². The van der Waals surface area contributed by atoms with E-state index in [0.29, 0.717) is 10.6 Å². The maximum atomic E-state index is 10.7. The van der Waals surface area contributed by atoms with E-state index in [1.807, 2.05) is 0 Å². The number of carboxylic acid groups (broad SMARTS) is 1. The summed E-state index contributed by atoms with van der Waals surface area (Å²) in [7, 11) is 0. The van der Waals surface area contributed by atoms with Gasteiger partial charge in [-0.3, -0.25) is 0 Å². The van der Waals surface area contributed by atoms with Crippen LogP contribution in [0.25, 0.3) is 10.1 Å². The molecule has 0 atom stereocenters. The van der Waals surface area contributed by atoms with Crippen LogP contribution in [0.3, 0.4) is 0 Å². The highest BCUT2D eigenvalue weighted by molar-refractivity contribution is 7.20. The molecular weight excluding hydrogens is 236 g/mol. The van der Waals surface area contributed by atoms with Crippen LogP contribution in [0.5, 0.6) is 0 Å². The fraction of sp³-hybridized carbons (Fsp3) is 0.100. The van der Waals surface area contributed by atoms with Gasteiger partial charge in [-0.2, -0.15) is 0 Å². The molecule has 1 aromatic carbocycles. The van der Waals surface area contributed by atoms with Crippen LogP contribution in [0.15, 0.2) is 18.2 Å². The van der Waals surface area contributed by atoms with Gasteiger partial charge in [0.25, 0.3) is 0 Å². The van der Waals surface area contributed by atoms with E-state index in [9.17, 15) is 4.79 Å². The van der Waals surface area contributed by atoms with Crippen LogP contribution in [0.1, 0.15) is 15.2 Å². The number of thiophene rings is 1. The summed E-state index contributed by atoms with van der Waals surface area (Å²) in [5.74, 6) is -0.946. The van der Waals surface area contributed by atoms with Gasteiger partial charge in [0.05, 0.1) is 6.61 Å². The molecule has 15 heavy (non-hydrogen) atoms. The molecule has 0 bridgehead atoms. The zero-order valence-corrected chi connectivity index (χ0v) is 9.10. The molecular formula is C10H7ClO3S. The Labute approximate surface area is 94.5 Å². The molecule has 0 radical (unpaired) electrons. The third-order valence-corrected chi connectivity index (χ3v) is 3.50. The highest BCUT2D eigenvalue weighted by Crippen LogP contribution is 2.30. The number of aliphatic hydroxyl groups excluding tert-OH is 1. The van der Waals surface area contributed by atoms with Crippen molar-refractivity contribution in [2.24, 2.45) is 0 Å². The molecule has 1 heterocycles. The molecule has 0 aliphatic heterocycles. The third-order valence-electron chi connectivity index (χ3n) is 2.07. The van der Waals surface area contributed by atoms with Crippen molar-refractivity contribution in [3.63, 3.8) is 0 Å². The van der Waals surface area contributed by atoms with Crippen molar-refractivity contribution in [3.05, 3.63) is 33.7 Å². The standard InChI is InChI=1S/C10H7ClO3S/c11-7-1-5-2-9(10(13)14)15-8(5)3-6(7)4-12/h1-3,12H,4H2,(H,13,14). The van der Waals surface area contributed by atoms with Crippen LogP contribution < -0.4 is 0 Å². The van der Waals surface area contributed by atoms with E-state index >= 15 is 0 Å². The van der Waals surface area contributed by atoms with Crippen LogP contribution in [0.4, 0.5) is 0 Å². The molecule has 0 unspecified atom stereocenters. The van der Waals surface area contributed by atoms with Gasteiger partial charge in [0, 0.05) is 9.72 Å². The Hall–Kier alpha value is -1.10. The summed E-state index contributed by atoms with van der Waals surface area (Å²) in [6.45, 7) is -0.144.